The molecule has 0 aromatic carbocycles. The topological polar surface area (TPSA) is 6.48 Å². The molecule has 0 saturated carbocycles. The Morgan fingerprint density at radius 3 is 2.31 bits per heavy atom. The van der Waals surface area contributed by atoms with Crippen molar-refractivity contribution in [3.05, 3.63) is 25.1 Å². The van der Waals surface area contributed by atoms with Crippen LogP contribution in [-0.4, -0.2) is 36.7 Å². The van der Waals surface area contributed by atoms with Crippen LogP contribution in [0.4, 0.5) is 13.2 Å². The fourth-order valence-electron chi connectivity index (χ4n) is 0.873. The van der Waals surface area contributed by atoms with E-state index in [9.17, 15) is 13.2 Å². The maximum absolute atomic E-state index is 9.67. The van der Waals surface area contributed by atoms with Crippen LogP contribution in [0.15, 0.2) is 25.1 Å². The van der Waals surface area contributed by atoms with Crippen LogP contribution in [0, 0.1) is 0 Å². The second kappa shape index (κ2) is 6.39. The molecule has 0 fully saturated rings. The molecule has 0 N–H and O–H groups in total. The van der Waals surface area contributed by atoms with Gasteiger partial charge >= 0.3 is 6.68 Å². The normalized spacial score (nSPS) is 14.5. The molecule has 0 unspecified atom stereocenters. The molecule has 1 rings (SSSR count). The quantitative estimate of drug-likeness (QED) is 0.620. The first-order chi connectivity index (χ1) is 6.06. The van der Waals surface area contributed by atoms with Crippen LogP contribution in [0.2, 0.25) is 0 Å². The molecule has 0 spiro atoms. The van der Waals surface area contributed by atoms with E-state index in [4.69, 9.17) is 0 Å². The minimum Gasteiger partial charge on any atom is -0.362 e. The summed E-state index contributed by atoms with van der Waals surface area (Å²) in [5.74, 6) is 0. The van der Waals surface area contributed by atoms with E-state index in [2.05, 4.69) is 35.8 Å². The monoisotopic (exact) mass is 194 g/mol. The summed E-state index contributed by atoms with van der Waals surface area (Å²) in [6.45, 7) is 1.93. The summed E-state index contributed by atoms with van der Waals surface area (Å²) in [5, 5.41) is 0. The molecule has 76 valence electrons. The van der Waals surface area contributed by atoms with Crippen molar-refractivity contribution in [2.45, 2.75) is 6.68 Å². The predicted octanol–water partition coefficient (Wildman–Crippen LogP) is 2.03. The highest BCUT2D eigenvalue weighted by Gasteiger charge is 2.04. The smallest absolute Gasteiger partial charge is 0.362 e. The van der Waals surface area contributed by atoms with Gasteiger partial charge in [0.15, 0.2) is 0 Å². The minimum atomic E-state index is -3.67. The average Bonchev–Trinajstić information content (AvgIpc) is 2.35. The lowest BCUT2D eigenvalue weighted by atomic mass is 10.6. The van der Waals surface area contributed by atoms with E-state index in [-0.39, 0.29) is 0 Å². The van der Waals surface area contributed by atoms with Gasteiger partial charge in [-0.15, -0.1) is 6.58 Å². The summed E-state index contributed by atoms with van der Waals surface area (Å²) in [6, 6.07) is 0. The predicted molar refractivity (Wildman–Crippen MR) is 45.8 cm³/mol. The second-order valence-corrected chi connectivity index (χ2v) is 2.50. The lowest BCUT2D eigenvalue weighted by molar-refractivity contribution is 0.00819. The van der Waals surface area contributed by atoms with E-state index in [1.54, 1.807) is 0 Å². The third-order valence-corrected chi connectivity index (χ3v) is 1.30. The maximum Gasteiger partial charge on any atom is 0.379 e. The highest BCUT2D eigenvalue weighted by molar-refractivity contribution is 4.91. The Bertz CT molecular complexity index is 168. The summed E-state index contributed by atoms with van der Waals surface area (Å²) >= 11 is 0. The number of alkyl halides is 3. The van der Waals surface area contributed by atoms with Crippen molar-refractivity contribution in [3.63, 3.8) is 0 Å². The molecule has 2 nitrogen and oxygen atoms in total. The van der Waals surface area contributed by atoms with Crippen LogP contribution >= 0.6 is 0 Å². The van der Waals surface area contributed by atoms with Gasteiger partial charge in [0.2, 0.25) is 0 Å². The molecule has 0 aromatic rings. The molecule has 13 heavy (non-hydrogen) atoms. The number of hydrogen-bond donors (Lipinski definition) is 0. The molecule has 0 atom stereocenters. The fourth-order valence-corrected chi connectivity index (χ4v) is 0.873. The molecule has 1 aliphatic rings. The number of rotatable bonds is 2. The van der Waals surface area contributed by atoms with Gasteiger partial charge in [-0.25, -0.2) is 0 Å². The van der Waals surface area contributed by atoms with Gasteiger partial charge in [-0.2, -0.15) is 13.2 Å². The molecule has 1 aliphatic heterocycles. The summed E-state index contributed by atoms with van der Waals surface area (Å²) in [7, 11) is 2.06. The van der Waals surface area contributed by atoms with Crippen LogP contribution in [0.25, 0.3) is 0 Å². The van der Waals surface area contributed by atoms with Crippen molar-refractivity contribution in [1.82, 2.24) is 9.80 Å². The van der Waals surface area contributed by atoms with Crippen molar-refractivity contribution in [3.8, 4) is 0 Å². The van der Waals surface area contributed by atoms with E-state index < -0.39 is 6.68 Å². The number of nitrogens with zero attached hydrogens (tertiary/aromatic N) is 2. The van der Waals surface area contributed by atoms with Gasteiger partial charge in [0.05, 0.1) is 6.67 Å². The van der Waals surface area contributed by atoms with Gasteiger partial charge in [-0.3, -0.25) is 0 Å². The van der Waals surface area contributed by atoms with E-state index >= 15 is 0 Å². The fraction of sp³-hybridized carbons (Fsp3) is 0.500. The van der Waals surface area contributed by atoms with Crippen LogP contribution < -0.4 is 0 Å². The molecule has 5 heteroatoms. The lowest BCUT2D eigenvalue weighted by Gasteiger charge is -2.15. The van der Waals surface area contributed by atoms with Crippen molar-refractivity contribution in [2.75, 3.05) is 20.3 Å². The lowest BCUT2D eigenvalue weighted by Crippen LogP contribution is -2.21. The van der Waals surface area contributed by atoms with Crippen LogP contribution in [0.3, 0.4) is 0 Å². The molecule has 0 aromatic heterocycles. The summed E-state index contributed by atoms with van der Waals surface area (Å²) < 4.78 is 29.0. The van der Waals surface area contributed by atoms with Gasteiger partial charge in [0.1, 0.15) is 0 Å². The summed E-state index contributed by atoms with van der Waals surface area (Å²) in [6.07, 6.45) is 6.04. The Morgan fingerprint density at radius 1 is 1.46 bits per heavy atom. The zero-order valence-corrected chi connectivity index (χ0v) is 7.46. The summed E-state index contributed by atoms with van der Waals surface area (Å²) in [4.78, 5) is 4.32. The Hall–Kier alpha value is -1.13. The van der Waals surface area contributed by atoms with Crippen molar-refractivity contribution in [2.24, 2.45) is 0 Å². The molecular formula is C8H13F3N2. The Labute approximate surface area is 75.9 Å². The van der Waals surface area contributed by atoms with Crippen LogP contribution in [-0.2, 0) is 0 Å². The van der Waals surface area contributed by atoms with Crippen LogP contribution in [0.1, 0.15) is 0 Å². The number of halogens is 3. The molecular weight excluding hydrogens is 181 g/mol. The molecule has 0 aliphatic carbocycles. The zero-order valence-electron chi connectivity index (χ0n) is 7.46. The molecule has 0 saturated heterocycles. The largest absolute Gasteiger partial charge is 0.379 e. The molecule has 0 bridgehead atoms. The van der Waals surface area contributed by atoms with Gasteiger partial charge in [0, 0.05) is 26.0 Å². The second-order valence-electron chi connectivity index (χ2n) is 2.50. The van der Waals surface area contributed by atoms with Gasteiger partial charge in [-0.05, 0) is 0 Å². The highest BCUT2D eigenvalue weighted by atomic mass is 19.4. The third kappa shape index (κ3) is 7.24. The molecule has 0 amide bonds. The Morgan fingerprint density at radius 2 is 2.00 bits per heavy atom. The standard InChI is InChI=1S/C7H12N2.CHF3/c1-3-4-9-6-5-8(2)7-9;2-1(3)4/h3,5-6H,1,4,7H2,2H3;1H. The van der Waals surface area contributed by atoms with Crippen molar-refractivity contribution < 1.29 is 13.2 Å². The average molecular weight is 194 g/mol. The first-order valence-electron chi connectivity index (χ1n) is 3.72. The summed E-state index contributed by atoms with van der Waals surface area (Å²) in [5.41, 5.74) is 0. The minimum absolute atomic E-state index is 0.945. The van der Waals surface area contributed by atoms with Crippen molar-refractivity contribution in [1.29, 1.82) is 0 Å². The SMILES string of the molecule is C=CCN1C=CN(C)C1.FC(F)F. The van der Waals surface area contributed by atoms with Crippen LogP contribution in [0.5, 0.6) is 0 Å². The van der Waals surface area contributed by atoms with Gasteiger partial charge in [-0.1, -0.05) is 6.08 Å². The van der Waals surface area contributed by atoms with E-state index in [0.29, 0.717) is 0 Å². The first kappa shape index (κ1) is 11.9. The van der Waals surface area contributed by atoms with E-state index in [1.807, 2.05) is 6.08 Å². The Balaban J connectivity index is 0.000000310. The van der Waals surface area contributed by atoms with Gasteiger partial charge < -0.3 is 9.80 Å². The van der Waals surface area contributed by atoms with Gasteiger partial charge in [0.25, 0.3) is 0 Å². The molecule has 1 heterocycles. The maximum atomic E-state index is 9.67. The first-order valence-corrected chi connectivity index (χ1v) is 3.72. The van der Waals surface area contributed by atoms with Crippen molar-refractivity contribution >= 4 is 0 Å². The number of hydrogen-bond acceptors (Lipinski definition) is 2. The highest BCUT2D eigenvalue weighted by Crippen LogP contribution is 2.01. The van der Waals surface area contributed by atoms with E-state index in [1.165, 1.54) is 0 Å². The van der Waals surface area contributed by atoms with E-state index in [0.717, 1.165) is 13.2 Å². The molecule has 0 radical (unpaired) electrons. The third-order valence-electron chi connectivity index (χ3n) is 1.30. The Kier molecular flexibility index (Phi) is 5.84. The zero-order chi connectivity index (χ0) is 10.3.